The van der Waals surface area contributed by atoms with Gasteiger partial charge in [-0.15, -0.1) is 0 Å². The molecule has 0 bridgehead atoms. The summed E-state index contributed by atoms with van der Waals surface area (Å²) in [6, 6.07) is 4.89. The molecule has 0 aromatic heterocycles. The minimum Gasteiger partial charge on any atom is -0.478 e. The largest absolute Gasteiger partial charge is 0.478 e. The highest BCUT2D eigenvalue weighted by Crippen LogP contribution is 2.18. The third-order valence-electron chi connectivity index (χ3n) is 2.18. The van der Waals surface area contributed by atoms with Gasteiger partial charge in [0.2, 0.25) is 0 Å². The maximum atomic E-state index is 11.3. The van der Waals surface area contributed by atoms with Gasteiger partial charge in [-0.05, 0) is 36.3 Å². The van der Waals surface area contributed by atoms with Crippen LogP contribution in [0.25, 0.3) is 6.08 Å². The Kier molecular flexibility index (Phi) is 4.46. The molecular formula is C11H14N2O4S. The van der Waals surface area contributed by atoms with Crippen molar-refractivity contribution in [1.29, 1.82) is 0 Å². The van der Waals surface area contributed by atoms with E-state index in [-0.39, 0.29) is 0 Å². The van der Waals surface area contributed by atoms with Gasteiger partial charge in [0.15, 0.2) is 0 Å². The van der Waals surface area contributed by atoms with Crippen LogP contribution in [0.15, 0.2) is 24.3 Å². The van der Waals surface area contributed by atoms with E-state index < -0.39 is 16.2 Å². The molecule has 0 unspecified atom stereocenters. The van der Waals surface area contributed by atoms with E-state index in [0.717, 1.165) is 6.08 Å². The number of hydrogen-bond acceptors (Lipinski definition) is 3. The van der Waals surface area contributed by atoms with Crippen LogP contribution in [0.1, 0.15) is 11.1 Å². The first-order valence-electron chi connectivity index (χ1n) is 5.07. The molecule has 0 amide bonds. The molecule has 7 heteroatoms. The average molecular weight is 270 g/mol. The molecule has 1 aromatic carbocycles. The molecule has 0 heterocycles. The predicted molar refractivity (Wildman–Crippen MR) is 69.5 cm³/mol. The van der Waals surface area contributed by atoms with Crippen LogP contribution in [0.2, 0.25) is 0 Å². The van der Waals surface area contributed by atoms with Gasteiger partial charge in [0.05, 0.1) is 5.69 Å². The maximum absolute atomic E-state index is 11.3. The molecule has 0 saturated heterocycles. The quantitative estimate of drug-likeness (QED) is 0.695. The number of carboxylic acid groups (broad SMARTS) is 1. The number of anilines is 1. The third kappa shape index (κ3) is 4.19. The molecule has 1 aromatic rings. The SMILES string of the molecule is CNS(=O)(=O)Nc1ccc(/C=C/C(=O)O)cc1C. The Hall–Kier alpha value is -1.86. The summed E-state index contributed by atoms with van der Waals surface area (Å²) in [5, 5.41) is 8.50. The van der Waals surface area contributed by atoms with Crippen molar-refractivity contribution in [2.45, 2.75) is 6.92 Å². The Morgan fingerprint density at radius 2 is 2.06 bits per heavy atom. The molecule has 18 heavy (non-hydrogen) atoms. The third-order valence-corrected chi connectivity index (χ3v) is 3.21. The van der Waals surface area contributed by atoms with Crippen LogP contribution in [0.4, 0.5) is 5.69 Å². The van der Waals surface area contributed by atoms with Crippen LogP contribution in [0.3, 0.4) is 0 Å². The van der Waals surface area contributed by atoms with Gasteiger partial charge in [0, 0.05) is 13.1 Å². The Morgan fingerprint density at radius 1 is 1.39 bits per heavy atom. The van der Waals surface area contributed by atoms with E-state index in [4.69, 9.17) is 5.11 Å². The molecule has 0 aliphatic heterocycles. The number of nitrogens with one attached hydrogen (secondary N) is 2. The molecule has 6 nitrogen and oxygen atoms in total. The normalized spacial score (nSPS) is 11.7. The van der Waals surface area contributed by atoms with Gasteiger partial charge in [0.1, 0.15) is 0 Å². The van der Waals surface area contributed by atoms with E-state index >= 15 is 0 Å². The summed E-state index contributed by atoms with van der Waals surface area (Å²) in [4.78, 5) is 10.4. The molecule has 0 radical (unpaired) electrons. The van der Waals surface area contributed by atoms with Crippen molar-refractivity contribution in [3.8, 4) is 0 Å². The summed E-state index contributed by atoms with van der Waals surface area (Å²) >= 11 is 0. The highest BCUT2D eigenvalue weighted by Gasteiger charge is 2.08. The fraction of sp³-hybridized carbons (Fsp3) is 0.182. The van der Waals surface area contributed by atoms with Gasteiger partial charge >= 0.3 is 5.97 Å². The lowest BCUT2D eigenvalue weighted by atomic mass is 10.1. The van der Waals surface area contributed by atoms with Crippen molar-refractivity contribution < 1.29 is 18.3 Å². The van der Waals surface area contributed by atoms with Crippen molar-refractivity contribution in [1.82, 2.24) is 4.72 Å². The zero-order chi connectivity index (χ0) is 13.8. The Balaban J connectivity index is 2.97. The zero-order valence-corrected chi connectivity index (χ0v) is 10.8. The summed E-state index contributed by atoms with van der Waals surface area (Å²) < 4.78 is 27.1. The molecule has 1 rings (SSSR count). The van der Waals surface area contributed by atoms with Crippen molar-refractivity contribution in [2.24, 2.45) is 0 Å². The summed E-state index contributed by atoms with van der Waals surface area (Å²) in [5.41, 5.74) is 1.82. The first kappa shape index (κ1) is 14.2. The van der Waals surface area contributed by atoms with Crippen LogP contribution >= 0.6 is 0 Å². The van der Waals surface area contributed by atoms with E-state index in [1.54, 1.807) is 25.1 Å². The summed E-state index contributed by atoms with van der Waals surface area (Å²) in [6.07, 6.45) is 2.46. The van der Waals surface area contributed by atoms with E-state index in [2.05, 4.69) is 9.44 Å². The van der Waals surface area contributed by atoms with Gasteiger partial charge in [-0.3, -0.25) is 4.72 Å². The molecule has 0 atom stereocenters. The first-order chi connectivity index (χ1) is 8.34. The molecule has 3 N–H and O–H groups in total. The summed E-state index contributed by atoms with van der Waals surface area (Å²) in [6.45, 7) is 1.73. The fourth-order valence-electron chi connectivity index (χ4n) is 1.27. The molecule has 98 valence electrons. The molecule has 0 fully saturated rings. The van der Waals surface area contributed by atoms with Gasteiger partial charge < -0.3 is 5.11 Å². The van der Waals surface area contributed by atoms with Crippen LogP contribution < -0.4 is 9.44 Å². The number of aryl methyl sites for hydroxylation is 1. The Morgan fingerprint density at radius 3 is 2.56 bits per heavy atom. The van der Waals surface area contributed by atoms with E-state index in [0.29, 0.717) is 16.8 Å². The lowest BCUT2D eigenvalue weighted by Crippen LogP contribution is -2.26. The number of carboxylic acids is 1. The molecule has 0 saturated carbocycles. The maximum Gasteiger partial charge on any atom is 0.328 e. The van der Waals surface area contributed by atoms with E-state index in [9.17, 15) is 13.2 Å². The number of aliphatic carboxylic acids is 1. The number of hydrogen-bond donors (Lipinski definition) is 3. The number of rotatable bonds is 5. The first-order valence-corrected chi connectivity index (χ1v) is 6.55. The van der Waals surface area contributed by atoms with E-state index in [1.807, 2.05) is 0 Å². The minimum absolute atomic E-state index is 0.442. The monoisotopic (exact) mass is 270 g/mol. The van der Waals surface area contributed by atoms with Crippen molar-refractivity contribution >= 4 is 27.9 Å². The lowest BCUT2D eigenvalue weighted by Gasteiger charge is -2.09. The van der Waals surface area contributed by atoms with Crippen molar-refractivity contribution in [2.75, 3.05) is 11.8 Å². The Labute approximate surface area is 106 Å². The predicted octanol–water partition coefficient (Wildman–Crippen LogP) is 0.969. The zero-order valence-electron chi connectivity index (χ0n) is 9.97. The summed E-state index contributed by atoms with van der Waals surface area (Å²) in [7, 11) is -2.24. The average Bonchev–Trinajstić information content (AvgIpc) is 2.29. The van der Waals surface area contributed by atoms with Gasteiger partial charge in [-0.2, -0.15) is 8.42 Å². The Bertz CT molecular complexity index is 579. The second-order valence-electron chi connectivity index (χ2n) is 3.56. The lowest BCUT2D eigenvalue weighted by molar-refractivity contribution is -0.131. The van der Waals surface area contributed by atoms with Gasteiger partial charge in [-0.25, -0.2) is 9.52 Å². The highest BCUT2D eigenvalue weighted by atomic mass is 32.2. The van der Waals surface area contributed by atoms with Crippen LogP contribution in [-0.2, 0) is 15.0 Å². The fourth-order valence-corrected chi connectivity index (χ4v) is 1.89. The summed E-state index contributed by atoms with van der Waals surface area (Å²) in [5.74, 6) is -1.03. The van der Waals surface area contributed by atoms with Crippen LogP contribution in [0, 0.1) is 6.92 Å². The second kappa shape index (κ2) is 5.65. The van der Waals surface area contributed by atoms with Gasteiger partial charge in [0.25, 0.3) is 10.2 Å². The number of benzene rings is 1. The standard InChI is InChI=1S/C11H14N2O4S/c1-8-7-9(4-6-11(14)15)3-5-10(8)13-18(16,17)12-2/h3-7,12-13H,1-2H3,(H,14,15)/b6-4+. The molecule has 0 spiro atoms. The topological polar surface area (TPSA) is 95.5 Å². The molecule has 0 aliphatic carbocycles. The smallest absolute Gasteiger partial charge is 0.328 e. The number of carbonyl (C=O) groups is 1. The van der Waals surface area contributed by atoms with Crippen LogP contribution in [-0.4, -0.2) is 26.5 Å². The minimum atomic E-state index is -3.55. The van der Waals surface area contributed by atoms with Crippen molar-refractivity contribution in [3.05, 3.63) is 35.4 Å². The van der Waals surface area contributed by atoms with Crippen LogP contribution in [0.5, 0.6) is 0 Å². The van der Waals surface area contributed by atoms with Gasteiger partial charge in [-0.1, -0.05) is 6.07 Å². The molecular weight excluding hydrogens is 256 g/mol. The highest BCUT2D eigenvalue weighted by molar-refractivity contribution is 7.90. The second-order valence-corrected chi connectivity index (χ2v) is 5.17. The molecule has 0 aliphatic rings. The van der Waals surface area contributed by atoms with E-state index in [1.165, 1.54) is 13.1 Å². The van der Waals surface area contributed by atoms with Crippen molar-refractivity contribution in [3.63, 3.8) is 0 Å².